The summed E-state index contributed by atoms with van der Waals surface area (Å²) in [6.45, 7) is 1.72. The molecule has 0 saturated heterocycles. The quantitative estimate of drug-likeness (QED) is 0.672. The number of nitrogens with two attached hydrogens (primary N) is 1. The summed E-state index contributed by atoms with van der Waals surface area (Å²) in [5.74, 6) is -0.0117. The number of rotatable bonds is 4. The normalized spacial score (nSPS) is 15.8. The van der Waals surface area contributed by atoms with E-state index in [4.69, 9.17) is 5.73 Å². The molecule has 0 aliphatic heterocycles. The maximum atomic E-state index is 13.7. The molecule has 5 nitrogen and oxygen atoms in total. The van der Waals surface area contributed by atoms with Crippen molar-refractivity contribution in [3.05, 3.63) is 35.8 Å². The molecule has 1 saturated carbocycles. The molecule has 3 rings (SSSR count). The van der Waals surface area contributed by atoms with Crippen molar-refractivity contribution in [2.24, 2.45) is 10.7 Å². The van der Waals surface area contributed by atoms with E-state index in [1.165, 1.54) is 12.1 Å². The summed E-state index contributed by atoms with van der Waals surface area (Å²) in [6, 6.07) is 5.80. The average Bonchev–Trinajstić information content (AvgIpc) is 3.21. The Kier molecular flexibility index (Phi) is 4.40. The minimum Gasteiger partial charge on any atom is -0.390 e. The Hall–Kier alpha value is -2.22. The van der Waals surface area contributed by atoms with Gasteiger partial charge < -0.3 is 5.73 Å². The van der Waals surface area contributed by atoms with Crippen molar-refractivity contribution in [1.82, 2.24) is 9.78 Å². The molecule has 126 valence electrons. The van der Waals surface area contributed by atoms with E-state index in [1.54, 1.807) is 19.1 Å². The molecule has 0 atom stereocenters. The number of thioether (sulfide) groups is 1. The van der Waals surface area contributed by atoms with Crippen LogP contribution in [0.4, 0.5) is 19.4 Å². The summed E-state index contributed by atoms with van der Waals surface area (Å²) in [5.41, 5.74) is 5.97. The summed E-state index contributed by atoms with van der Waals surface area (Å²) in [7, 11) is 0. The number of nitrogens with zero attached hydrogens (tertiary/aromatic N) is 3. The number of aryl methyl sites for hydroxylation is 1. The number of alkyl halides is 1. The van der Waals surface area contributed by atoms with Crippen molar-refractivity contribution >= 4 is 29.2 Å². The zero-order valence-electron chi connectivity index (χ0n) is 13.0. The van der Waals surface area contributed by atoms with E-state index < -0.39 is 10.9 Å². The monoisotopic (exact) mass is 350 g/mol. The van der Waals surface area contributed by atoms with Crippen LogP contribution in [0.1, 0.15) is 18.5 Å². The lowest BCUT2D eigenvalue weighted by molar-refractivity contribution is 0.259. The number of halogens is 2. The van der Waals surface area contributed by atoms with Crippen molar-refractivity contribution in [3.63, 3.8) is 0 Å². The first-order valence-corrected chi connectivity index (χ1v) is 8.38. The second-order valence-corrected chi connectivity index (χ2v) is 6.61. The molecule has 1 aliphatic carbocycles. The van der Waals surface area contributed by atoms with Crippen LogP contribution >= 0.6 is 11.8 Å². The van der Waals surface area contributed by atoms with Gasteiger partial charge >= 0.3 is 5.24 Å². The van der Waals surface area contributed by atoms with Gasteiger partial charge in [0.25, 0.3) is 0 Å². The third-order valence-electron chi connectivity index (χ3n) is 3.79. The van der Waals surface area contributed by atoms with Gasteiger partial charge in [0.15, 0.2) is 5.82 Å². The predicted molar refractivity (Wildman–Crippen MR) is 91.0 cm³/mol. The summed E-state index contributed by atoms with van der Waals surface area (Å²) in [5, 5.41) is 3.79. The SMILES string of the molecule is Cc1nn(C(=O)SCC2(F)CC2)c(/N=C\N)c1-c1ccc(F)cc1. The second-order valence-electron chi connectivity index (χ2n) is 5.69. The van der Waals surface area contributed by atoms with Gasteiger partial charge in [0.05, 0.1) is 12.0 Å². The molecule has 8 heteroatoms. The van der Waals surface area contributed by atoms with Crippen molar-refractivity contribution in [2.45, 2.75) is 25.4 Å². The first kappa shape index (κ1) is 16.6. The zero-order chi connectivity index (χ0) is 17.3. The second kappa shape index (κ2) is 6.35. The van der Waals surface area contributed by atoms with E-state index in [0.717, 1.165) is 22.8 Å². The number of aliphatic imine (C=N–C) groups is 1. The molecule has 0 radical (unpaired) electrons. The van der Waals surface area contributed by atoms with Crippen LogP contribution in [-0.2, 0) is 0 Å². The first-order chi connectivity index (χ1) is 11.4. The number of aromatic nitrogens is 2. The predicted octanol–water partition coefficient (Wildman–Crippen LogP) is 3.82. The summed E-state index contributed by atoms with van der Waals surface area (Å²) in [4.78, 5) is 16.4. The Bertz CT molecular complexity index is 797. The van der Waals surface area contributed by atoms with Crippen molar-refractivity contribution < 1.29 is 13.6 Å². The highest BCUT2D eigenvalue weighted by Gasteiger charge is 2.43. The maximum absolute atomic E-state index is 13.7. The molecule has 24 heavy (non-hydrogen) atoms. The molecule has 0 bridgehead atoms. The number of carbonyl (C=O) groups excluding carboxylic acids is 1. The van der Waals surface area contributed by atoms with Gasteiger partial charge in [0.1, 0.15) is 11.5 Å². The highest BCUT2D eigenvalue weighted by molar-refractivity contribution is 8.13. The highest BCUT2D eigenvalue weighted by Crippen LogP contribution is 2.43. The molecule has 2 aromatic rings. The summed E-state index contributed by atoms with van der Waals surface area (Å²) < 4.78 is 28.0. The van der Waals surface area contributed by atoms with Crippen LogP contribution in [0.15, 0.2) is 29.3 Å². The van der Waals surface area contributed by atoms with Crippen LogP contribution in [0.5, 0.6) is 0 Å². The molecule has 1 aromatic heterocycles. The molecule has 2 N–H and O–H groups in total. The van der Waals surface area contributed by atoms with E-state index in [2.05, 4.69) is 10.1 Å². The molecule has 0 amide bonds. The number of hydrogen-bond acceptors (Lipinski definition) is 4. The maximum Gasteiger partial charge on any atom is 0.308 e. The summed E-state index contributed by atoms with van der Waals surface area (Å²) >= 11 is 0.871. The third-order valence-corrected chi connectivity index (χ3v) is 4.87. The van der Waals surface area contributed by atoms with Crippen molar-refractivity contribution in [2.75, 3.05) is 5.75 Å². The van der Waals surface area contributed by atoms with Gasteiger partial charge in [0, 0.05) is 11.3 Å². The fraction of sp³-hybridized carbons (Fsp3) is 0.312. The molecule has 1 aromatic carbocycles. The lowest BCUT2D eigenvalue weighted by Gasteiger charge is -2.06. The Balaban J connectivity index is 1.96. The topological polar surface area (TPSA) is 73.3 Å². The summed E-state index contributed by atoms with van der Waals surface area (Å²) in [6.07, 6.45) is 2.04. The Morgan fingerprint density at radius 3 is 2.71 bits per heavy atom. The molecule has 1 fully saturated rings. The van der Waals surface area contributed by atoms with Crippen LogP contribution < -0.4 is 5.73 Å². The zero-order valence-corrected chi connectivity index (χ0v) is 13.8. The van der Waals surface area contributed by atoms with E-state index in [1.807, 2.05) is 0 Å². The lowest BCUT2D eigenvalue weighted by atomic mass is 10.1. The van der Waals surface area contributed by atoms with Gasteiger partial charge in [0.2, 0.25) is 0 Å². The van der Waals surface area contributed by atoms with E-state index >= 15 is 0 Å². The average molecular weight is 350 g/mol. The molecular weight excluding hydrogens is 334 g/mol. The van der Waals surface area contributed by atoms with Crippen LogP contribution in [0.2, 0.25) is 0 Å². The number of benzene rings is 1. The van der Waals surface area contributed by atoms with Crippen LogP contribution in [0.25, 0.3) is 11.1 Å². The standard InChI is InChI=1S/C16H16F2N4OS/c1-10-13(11-2-4-12(17)5-3-11)14(20-9-19)22(21-10)15(23)24-8-16(18)6-7-16/h2-5,9H,6-8H2,1H3,(H2,19,20). The molecule has 0 unspecified atom stereocenters. The van der Waals surface area contributed by atoms with Gasteiger partial charge in [-0.15, -0.1) is 0 Å². The Labute approximate surface area is 141 Å². The number of carbonyl (C=O) groups is 1. The van der Waals surface area contributed by atoms with Gasteiger partial charge in [-0.25, -0.2) is 13.8 Å². The van der Waals surface area contributed by atoms with E-state index in [-0.39, 0.29) is 17.4 Å². The molecule has 0 spiro atoms. The van der Waals surface area contributed by atoms with Crippen molar-refractivity contribution in [3.8, 4) is 11.1 Å². The lowest BCUT2D eigenvalue weighted by Crippen LogP contribution is -2.12. The smallest absolute Gasteiger partial charge is 0.308 e. The fourth-order valence-electron chi connectivity index (χ4n) is 2.32. The largest absolute Gasteiger partial charge is 0.390 e. The Morgan fingerprint density at radius 1 is 1.46 bits per heavy atom. The fourth-order valence-corrected chi connectivity index (χ4v) is 3.24. The van der Waals surface area contributed by atoms with Gasteiger partial charge in [-0.3, -0.25) is 4.79 Å². The van der Waals surface area contributed by atoms with E-state index in [9.17, 15) is 13.6 Å². The minimum absolute atomic E-state index is 0.0996. The van der Waals surface area contributed by atoms with Crippen LogP contribution in [0.3, 0.4) is 0 Å². The van der Waals surface area contributed by atoms with Gasteiger partial charge in [-0.1, -0.05) is 23.9 Å². The van der Waals surface area contributed by atoms with Gasteiger partial charge in [-0.2, -0.15) is 9.78 Å². The molecule has 1 heterocycles. The minimum atomic E-state index is -1.24. The third kappa shape index (κ3) is 3.33. The van der Waals surface area contributed by atoms with Crippen molar-refractivity contribution in [1.29, 1.82) is 0 Å². The number of hydrogen-bond donors (Lipinski definition) is 1. The van der Waals surface area contributed by atoms with Crippen LogP contribution in [0, 0.1) is 12.7 Å². The highest BCUT2D eigenvalue weighted by atomic mass is 32.2. The first-order valence-electron chi connectivity index (χ1n) is 7.39. The Morgan fingerprint density at radius 2 is 2.12 bits per heavy atom. The molecule has 1 aliphatic rings. The van der Waals surface area contributed by atoms with E-state index in [0.29, 0.717) is 29.7 Å². The van der Waals surface area contributed by atoms with Gasteiger partial charge in [-0.05, 0) is 37.5 Å². The van der Waals surface area contributed by atoms with Crippen LogP contribution in [-0.4, -0.2) is 32.8 Å². The molecular formula is C16H16F2N4OS.